The number of nitrogens with zero attached hydrogens (tertiary/aromatic N) is 4. The van der Waals surface area contributed by atoms with Gasteiger partial charge in [0.15, 0.2) is 0 Å². The van der Waals surface area contributed by atoms with Gasteiger partial charge in [-0.15, -0.1) is 0 Å². The number of thiazole rings is 1. The highest BCUT2D eigenvalue weighted by Crippen LogP contribution is 2.28. The van der Waals surface area contributed by atoms with Gasteiger partial charge in [-0.3, -0.25) is 0 Å². The van der Waals surface area contributed by atoms with E-state index in [0.29, 0.717) is 23.8 Å². The molecule has 0 saturated carbocycles. The summed E-state index contributed by atoms with van der Waals surface area (Å²) in [5.74, 6) is 0.952. The number of aromatic nitrogens is 1. The Balaban J connectivity index is 2.10. The maximum absolute atomic E-state index is 6.04. The third-order valence-corrected chi connectivity index (χ3v) is 7.29. The molecule has 0 bridgehead atoms. The number of anilines is 1. The van der Waals surface area contributed by atoms with Crippen LogP contribution in [0.3, 0.4) is 0 Å². The van der Waals surface area contributed by atoms with Gasteiger partial charge < -0.3 is 14.4 Å². The Morgan fingerprint density at radius 1 is 1.03 bits per heavy atom. The first-order valence-electron chi connectivity index (χ1n) is 13.2. The molecule has 192 valence electrons. The number of ether oxygens (including phenoxy) is 2. The quantitative estimate of drug-likeness (QED) is 0.186. The molecule has 0 radical (unpaired) electrons. The Morgan fingerprint density at radius 2 is 1.69 bits per heavy atom. The molecule has 1 heterocycles. The molecule has 1 aromatic carbocycles. The minimum Gasteiger partial charge on any atom is -0.379 e. The molecule has 0 amide bonds. The molecule has 0 aliphatic rings. The Morgan fingerprint density at radius 3 is 2.26 bits per heavy atom. The van der Waals surface area contributed by atoms with E-state index in [0.717, 1.165) is 61.9 Å². The molecular formula is C26H45B2N4O2S+. The predicted octanol–water partition coefficient (Wildman–Crippen LogP) is 4.97. The van der Waals surface area contributed by atoms with Gasteiger partial charge in [0.2, 0.25) is 0 Å². The van der Waals surface area contributed by atoms with Crippen LogP contribution in [0.5, 0.6) is 0 Å². The SMILES string of the molecule is BC(CCN(CC(B)COC(C)CC)c1ccc(/N=N/c2scc[n+]2C)c(C)c1)COC(C)CC. The second kappa shape index (κ2) is 15.4. The number of rotatable bonds is 16. The Bertz CT molecular complexity index is 911. The Kier molecular flexibility index (Phi) is 13.0. The van der Waals surface area contributed by atoms with Crippen LogP contribution in [0.15, 0.2) is 40.0 Å². The highest BCUT2D eigenvalue weighted by Gasteiger charge is 2.16. The fourth-order valence-corrected chi connectivity index (χ4v) is 4.26. The number of aryl methyl sites for hydroxylation is 2. The maximum atomic E-state index is 6.04. The lowest BCUT2D eigenvalue weighted by Gasteiger charge is -2.30. The van der Waals surface area contributed by atoms with E-state index in [-0.39, 0.29) is 0 Å². The molecule has 0 N–H and O–H groups in total. The average molecular weight is 499 g/mol. The standard InChI is InChI=1S/C26H45B2N4O2S/c1-7-20(4)33-17-22(27)11-12-32(16-23(28)18-34-21(5)8-2)24-9-10-25(19(3)15-24)29-30-26-31(6)13-14-35-26/h9-10,13-15,20-23H,7-8,11-12,16-18,27-28H2,1-6H3/q+1. The number of benzene rings is 1. The van der Waals surface area contributed by atoms with Crippen LogP contribution in [-0.2, 0) is 16.5 Å². The van der Waals surface area contributed by atoms with E-state index in [1.165, 1.54) is 5.69 Å². The first-order chi connectivity index (χ1) is 16.7. The van der Waals surface area contributed by atoms with Crippen LogP contribution < -0.4 is 9.47 Å². The molecule has 2 aromatic rings. The predicted molar refractivity (Wildman–Crippen MR) is 154 cm³/mol. The molecule has 0 saturated heterocycles. The van der Waals surface area contributed by atoms with Crippen LogP contribution in [0.4, 0.5) is 16.5 Å². The highest BCUT2D eigenvalue weighted by molar-refractivity contribution is 7.12. The van der Waals surface area contributed by atoms with Gasteiger partial charge in [-0.1, -0.05) is 13.8 Å². The molecule has 2 rings (SSSR count). The van der Waals surface area contributed by atoms with Gasteiger partial charge in [-0.05, 0) is 91.9 Å². The summed E-state index contributed by atoms with van der Waals surface area (Å²) in [4.78, 5) is 2.50. The summed E-state index contributed by atoms with van der Waals surface area (Å²) in [6.45, 7) is 14.3. The van der Waals surface area contributed by atoms with E-state index in [1.54, 1.807) is 11.3 Å². The summed E-state index contributed by atoms with van der Waals surface area (Å²) < 4.78 is 14.0. The van der Waals surface area contributed by atoms with Crippen molar-refractivity contribution in [2.75, 3.05) is 31.2 Å². The lowest BCUT2D eigenvalue weighted by Crippen LogP contribution is -2.31. The first-order valence-corrected chi connectivity index (χ1v) is 14.0. The molecule has 9 heteroatoms. The van der Waals surface area contributed by atoms with Crippen LogP contribution in [-0.4, -0.2) is 54.2 Å². The smallest absolute Gasteiger partial charge is 0.379 e. The van der Waals surface area contributed by atoms with Crippen molar-refractivity contribution >= 4 is 43.5 Å². The molecule has 4 unspecified atom stereocenters. The second-order valence-corrected chi connectivity index (χ2v) is 10.9. The summed E-state index contributed by atoms with van der Waals surface area (Å²) in [5, 5.41) is 11.8. The van der Waals surface area contributed by atoms with Crippen molar-refractivity contribution in [1.82, 2.24) is 0 Å². The van der Waals surface area contributed by atoms with E-state index in [2.05, 4.69) is 83.6 Å². The first kappa shape index (κ1) is 29.5. The monoisotopic (exact) mass is 499 g/mol. The molecule has 0 fully saturated rings. The molecular weight excluding hydrogens is 454 g/mol. The minimum absolute atomic E-state index is 0.306. The van der Waals surface area contributed by atoms with Crippen LogP contribution in [0.25, 0.3) is 0 Å². The van der Waals surface area contributed by atoms with Crippen molar-refractivity contribution in [1.29, 1.82) is 0 Å². The van der Waals surface area contributed by atoms with Crippen molar-refractivity contribution in [3.63, 3.8) is 0 Å². The van der Waals surface area contributed by atoms with E-state index in [1.807, 2.05) is 23.2 Å². The summed E-state index contributed by atoms with van der Waals surface area (Å²) in [6, 6.07) is 6.51. The fraction of sp³-hybridized carbons (Fsp3) is 0.654. The topological polar surface area (TPSA) is 50.3 Å². The zero-order valence-electron chi connectivity index (χ0n) is 23.2. The van der Waals surface area contributed by atoms with Crippen molar-refractivity contribution in [3.05, 3.63) is 35.3 Å². The molecule has 0 aliphatic heterocycles. The van der Waals surface area contributed by atoms with Gasteiger partial charge in [0.1, 0.15) is 27.6 Å². The van der Waals surface area contributed by atoms with E-state index < -0.39 is 0 Å². The van der Waals surface area contributed by atoms with Gasteiger partial charge in [-0.2, -0.15) is 0 Å². The zero-order chi connectivity index (χ0) is 25.8. The number of azo groups is 1. The molecule has 0 spiro atoms. The summed E-state index contributed by atoms with van der Waals surface area (Å²) in [7, 11) is 6.55. The highest BCUT2D eigenvalue weighted by atomic mass is 32.1. The fourth-order valence-electron chi connectivity index (χ4n) is 3.58. The van der Waals surface area contributed by atoms with Gasteiger partial charge in [0.25, 0.3) is 0 Å². The van der Waals surface area contributed by atoms with Gasteiger partial charge in [0.05, 0.1) is 24.4 Å². The lowest BCUT2D eigenvalue weighted by atomic mass is 9.84. The summed E-state index contributed by atoms with van der Waals surface area (Å²) in [5.41, 5.74) is 3.27. The largest absolute Gasteiger partial charge is 0.408 e. The molecule has 4 atom stereocenters. The lowest BCUT2D eigenvalue weighted by molar-refractivity contribution is -0.654. The molecule has 1 aromatic heterocycles. The van der Waals surface area contributed by atoms with Crippen LogP contribution in [0, 0.1) is 6.92 Å². The number of hydrogen-bond acceptors (Lipinski definition) is 6. The Labute approximate surface area is 218 Å². The Hall–Kier alpha value is -1.70. The third-order valence-electron chi connectivity index (χ3n) is 6.45. The van der Waals surface area contributed by atoms with E-state index in [4.69, 9.17) is 9.47 Å². The van der Waals surface area contributed by atoms with E-state index in [9.17, 15) is 0 Å². The zero-order valence-corrected chi connectivity index (χ0v) is 24.0. The molecule has 35 heavy (non-hydrogen) atoms. The van der Waals surface area contributed by atoms with Crippen LogP contribution in [0.2, 0.25) is 11.6 Å². The van der Waals surface area contributed by atoms with Crippen molar-refractivity contribution < 1.29 is 14.0 Å². The summed E-state index contributed by atoms with van der Waals surface area (Å²) in [6.07, 6.45) is 5.81. The maximum Gasteiger partial charge on any atom is 0.408 e. The second-order valence-electron chi connectivity index (χ2n) is 10.0. The van der Waals surface area contributed by atoms with Gasteiger partial charge >= 0.3 is 5.13 Å². The van der Waals surface area contributed by atoms with E-state index >= 15 is 0 Å². The van der Waals surface area contributed by atoms with Crippen LogP contribution in [0.1, 0.15) is 52.5 Å². The normalized spacial score (nSPS) is 15.3. The average Bonchev–Trinajstić information content (AvgIpc) is 3.26. The van der Waals surface area contributed by atoms with Crippen molar-refractivity contribution in [2.45, 2.75) is 77.7 Å². The van der Waals surface area contributed by atoms with Gasteiger partial charge in [0, 0.05) is 37.4 Å². The molecule has 0 aliphatic carbocycles. The summed E-state index contributed by atoms with van der Waals surface area (Å²) >= 11 is 1.59. The van der Waals surface area contributed by atoms with Crippen LogP contribution >= 0.6 is 11.3 Å². The van der Waals surface area contributed by atoms with Crippen molar-refractivity contribution in [3.8, 4) is 0 Å². The number of hydrogen-bond donors (Lipinski definition) is 0. The minimum atomic E-state index is 0.306. The third kappa shape index (κ3) is 10.4. The molecule has 6 nitrogen and oxygen atoms in total. The van der Waals surface area contributed by atoms with Crippen molar-refractivity contribution in [2.24, 2.45) is 17.3 Å². The van der Waals surface area contributed by atoms with Gasteiger partial charge in [-0.25, -0.2) is 4.57 Å².